The molecule has 0 saturated carbocycles. The summed E-state index contributed by atoms with van der Waals surface area (Å²) in [6, 6.07) is 2.03. The first-order valence-corrected chi connectivity index (χ1v) is 12.2. The third-order valence-corrected chi connectivity index (χ3v) is 6.41. The Hall–Kier alpha value is -3.56. The fourth-order valence-corrected chi connectivity index (χ4v) is 4.34. The van der Waals surface area contributed by atoms with Crippen molar-refractivity contribution in [3.63, 3.8) is 0 Å². The molecule has 35 heavy (non-hydrogen) atoms. The van der Waals surface area contributed by atoms with E-state index in [0.717, 1.165) is 16.5 Å². The zero-order valence-corrected chi connectivity index (χ0v) is 21.4. The number of carbonyl (C=O) groups excluding carboxylic acids is 1. The highest BCUT2D eigenvalue weighted by molar-refractivity contribution is 5.94. The highest BCUT2D eigenvalue weighted by Crippen LogP contribution is 2.35. The van der Waals surface area contributed by atoms with E-state index in [2.05, 4.69) is 28.2 Å². The van der Waals surface area contributed by atoms with E-state index in [4.69, 9.17) is 14.7 Å². The van der Waals surface area contributed by atoms with E-state index in [9.17, 15) is 9.90 Å². The number of ether oxygens (including phenoxy) is 1. The lowest BCUT2D eigenvalue weighted by molar-refractivity contribution is -0.129. The van der Waals surface area contributed by atoms with Gasteiger partial charge < -0.3 is 29.5 Å². The molecule has 3 aromatic heterocycles. The van der Waals surface area contributed by atoms with Gasteiger partial charge in [-0.15, -0.1) is 0 Å². The van der Waals surface area contributed by atoms with Crippen molar-refractivity contribution in [3.8, 4) is 11.8 Å². The first-order chi connectivity index (χ1) is 16.7. The van der Waals surface area contributed by atoms with Crippen LogP contribution in [-0.4, -0.2) is 68.2 Å². The molecule has 188 valence electrons. The normalized spacial score (nSPS) is 15.1. The lowest BCUT2D eigenvalue weighted by atomic mass is 10.1. The smallest absolute Gasteiger partial charge is 0.228 e. The molecule has 0 unspecified atom stereocenters. The maximum absolute atomic E-state index is 11.7. The van der Waals surface area contributed by atoms with Crippen molar-refractivity contribution in [1.29, 1.82) is 0 Å². The van der Waals surface area contributed by atoms with Gasteiger partial charge in [0.15, 0.2) is 0 Å². The largest absolute Gasteiger partial charge is 0.493 e. The minimum atomic E-state index is -0.0954. The van der Waals surface area contributed by atoms with Crippen molar-refractivity contribution in [2.75, 3.05) is 43.0 Å². The van der Waals surface area contributed by atoms with E-state index < -0.39 is 0 Å². The van der Waals surface area contributed by atoms with Crippen LogP contribution in [0.2, 0.25) is 0 Å². The second-order valence-corrected chi connectivity index (χ2v) is 9.27. The van der Waals surface area contributed by atoms with Gasteiger partial charge >= 0.3 is 0 Å². The van der Waals surface area contributed by atoms with Crippen LogP contribution in [0.4, 0.5) is 11.8 Å². The number of aryl methyl sites for hydroxylation is 1. The molecular formula is C25H35N7O3. The number of aromatic hydroxyl groups is 1. The SMILES string of the molecule is CCOc1ncc([C@@H](C)Nc2nc(N3CCN(C(C)=O)CC3)nc3c(O)n(C(C)C)cc23)cc1C. The molecule has 1 atom stereocenters. The average molecular weight is 482 g/mol. The van der Waals surface area contributed by atoms with Gasteiger partial charge in [0.2, 0.25) is 23.6 Å². The first kappa shape index (κ1) is 24.6. The van der Waals surface area contributed by atoms with Crippen LogP contribution >= 0.6 is 0 Å². The number of hydrogen-bond acceptors (Lipinski definition) is 8. The number of rotatable bonds is 7. The van der Waals surface area contributed by atoms with Gasteiger partial charge in [-0.1, -0.05) is 0 Å². The number of fused-ring (bicyclic) bond motifs is 1. The fourth-order valence-electron chi connectivity index (χ4n) is 4.34. The van der Waals surface area contributed by atoms with Gasteiger partial charge in [0.25, 0.3) is 0 Å². The van der Waals surface area contributed by atoms with Crippen LogP contribution in [-0.2, 0) is 4.79 Å². The van der Waals surface area contributed by atoms with Crippen molar-refractivity contribution >= 4 is 28.6 Å². The van der Waals surface area contributed by atoms with Crippen molar-refractivity contribution in [1.82, 2.24) is 24.4 Å². The highest BCUT2D eigenvalue weighted by Gasteiger charge is 2.24. The Morgan fingerprint density at radius 2 is 1.91 bits per heavy atom. The summed E-state index contributed by atoms with van der Waals surface area (Å²) in [5, 5.41) is 15.2. The highest BCUT2D eigenvalue weighted by atomic mass is 16.5. The molecule has 4 heterocycles. The maximum atomic E-state index is 11.7. The Bertz CT molecular complexity index is 1220. The Labute approximate surface area is 205 Å². The zero-order chi connectivity index (χ0) is 25.3. The Morgan fingerprint density at radius 1 is 1.20 bits per heavy atom. The monoisotopic (exact) mass is 481 g/mol. The van der Waals surface area contributed by atoms with E-state index in [1.165, 1.54) is 0 Å². The molecule has 0 bridgehead atoms. The first-order valence-electron chi connectivity index (χ1n) is 12.2. The second-order valence-electron chi connectivity index (χ2n) is 9.27. The van der Waals surface area contributed by atoms with Gasteiger partial charge in [0, 0.05) is 57.1 Å². The summed E-state index contributed by atoms with van der Waals surface area (Å²) in [6.07, 6.45) is 3.70. The van der Waals surface area contributed by atoms with Crippen LogP contribution in [0.5, 0.6) is 11.8 Å². The van der Waals surface area contributed by atoms with Crippen LogP contribution in [0.15, 0.2) is 18.5 Å². The third-order valence-electron chi connectivity index (χ3n) is 6.41. The van der Waals surface area contributed by atoms with Crippen molar-refractivity contribution < 1.29 is 14.6 Å². The molecule has 10 heteroatoms. The predicted octanol–water partition coefficient (Wildman–Crippen LogP) is 3.66. The number of anilines is 2. The number of aromatic nitrogens is 4. The third kappa shape index (κ3) is 4.96. The van der Waals surface area contributed by atoms with Crippen LogP contribution in [0.1, 0.15) is 57.8 Å². The van der Waals surface area contributed by atoms with Crippen LogP contribution < -0.4 is 15.0 Å². The Kier molecular flexibility index (Phi) is 7.00. The molecule has 0 aromatic carbocycles. The molecule has 10 nitrogen and oxygen atoms in total. The molecular weight excluding hydrogens is 446 g/mol. The van der Waals surface area contributed by atoms with E-state index in [1.807, 2.05) is 45.0 Å². The van der Waals surface area contributed by atoms with Crippen LogP contribution in [0.3, 0.4) is 0 Å². The van der Waals surface area contributed by atoms with Crippen molar-refractivity contribution in [3.05, 3.63) is 29.6 Å². The van der Waals surface area contributed by atoms with Gasteiger partial charge in [0.05, 0.1) is 18.0 Å². The van der Waals surface area contributed by atoms with Gasteiger partial charge in [-0.2, -0.15) is 4.98 Å². The fraction of sp³-hybridized carbons (Fsp3) is 0.520. The van der Waals surface area contributed by atoms with E-state index in [0.29, 0.717) is 55.9 Å². The molecule has 1 aliphatic heterocycles. The van der Waals surface area contributed by atoms with Crippen LogP contribution in [0.25, 0.3) is 10.9 Å². The second kappa shape index (κ2) is 9.97. The molecule has 0 aliphatic carbocycles. The number of nitrogens with zero attached hydrogens (tertiary/aromatic N) is 6. The van der Waals surface area contributed by atoms with E-state index >= 15 is 0 Å². The number of piperazine rings is 1. The molecule has 1 fully saturated rings. The predicted molar refractivity (Wildman–Crippen MR) is 136 cm³/mol. The summed E-state index contributed by atoms with van der Waals surface area (Å²) in [7, 11) is 0. The van der Waals surface area contributed by atoms with E-state index in [-0.39, 0.29) is 23.9 Å². The van der Waals surface area contributed by atoms with Crippen LogP contribution in [0, 0.1) is 6.92 Å². The maximum Gasteiger partial charge on any atom is 0.228 e. The quantitative estimate of drug-likeness (QED) is 0.526. The van der Waals surface area contributed by atoms with Gasteiger partial charge in [-0.25, -0.2) is 9.97 Å². The van der Waals surface area contributed by atoms with Crippen molar-refractivity contribution in [2.24, 2.45) is 0 Å². The van der Waals surface area contributed by atoms with Gasteiger partial charge in [-0.3, -0.25) is 4.79 Å². The molecule has 1 aliphatic rings. The minimum Gasteiger partial charge on any atom is -0.493 e. The summed E-state index contributed by atoms with van der Waals surface area (Å²) < 4.78 is 7.38. The summed E-state index contributed by atoms with van der Waals surface area (Å²) in [4.78, 5) is 29.7. The summed E-state index contributed by atoms with van der Waals surface area (Å²) in [6.45, 7) is 14.7. The van der Waals surface area contributed by atoms with E-state index in [1.54, 1.807) is 11.5 Å². The average Bonchev–Trinajstić information content (AvgIpc) is 3.17. The zero-order valence-electron chi connectivity index (χ0n) is 21.4. The molecule has 2 N–H and O–H groups in total. The van der Waals surface area contributed by atoms with Gasteiger partial charge in [0.1, 0.15) is 11.3 Å². The summed E-state index contributed by atoms with van der Waals surface area (Å²) >= 11 is 0. The molecule has 0 spiro atoms. The van der Waals surface area contributed by atoms with Gasteiger partial charge in [-0.05, 0) is 46.2 Å². The molecule has 1 amide bonds. The molecule has 1 saturated heterocycles. The Balaban J connectivity index is 1.69. The molecule has 0 radical (unpaired) electrons. The topological polar surface area (TPSA) is 109 Å². The lowest BCUT2D eigenvalue weighted by Crippen LogP contribution is -2.48. The number of amides is 1. The molecule has 4 rings (SSSR count). The number of nitrogens with one attached hydrogen (secondary N) is 1. The Morgan fingerprint density at radius 3 is 2.51 bits per heavy atom. The summed E-state index contributed by atoms with van der Waals surface area (Å²) in [5.74, 6) is 2.01. The number of pyridine rings is 1. The molecule has 3 aromatic rings. The lowest BCUT2D eigenvalue weighted by Gasteiger charge is -2.34. The minimum absolute atomic E-state index is 0.0648. The summed E-state index contributed by atoms with van der Waals surface area (Å²) in [5.41, 5.74) is 2.48. The standard InChI is InChI=1S/C25H35N7O3/c1-7-35-23-16(4)12-19(13-26-23)17(5)27-22-20-14-32(15(2)3)24(34)21(20)28-25(29-22)31-10-8-30(9-11-31)18(6)33/h12-15,17,34H,7-11H2,1-6H3,(H,27,28,29)/t17-/m1/s1. The number of hydrogen-bond donors (Lipinski definition) is 2. The van der Waals surface area contributed by atoms with Crippen molar-refractivity contribution in [2.45, 2.75) is 53.6 Å². The number of carbonyl (C=O) groups is 1.